The highest BCUT2D eigenvalue weighted by molar-refractivity contribution is 7.99. The lowest BCUT2D eigenvalue weighted by atomic mass is 10.0. The molecule has 1 amide bonds. The summed E-state index contributed by atoms with van der Waals surface area (Å²) in [6, 6.07) is 9.89. The van der Waals surface area contributed by atoms with Crippen LogP contribution in [0.1, 0.15) is 24.8 Å². The van der Waals surface area contributed by atoms with Gasteiger partial charge < -0.3 is 10.6 Å². The van der Waals surface area contributed by atoms with Gasteiger partial charge >= 0.3 is 0 Å². The summed E-state index contributed by atoms with van der Waals surface area (Å²) < 4.78 is 0. The number of thioether (sulfide) groups is 1. The van der Waals surface area contributed by atoms with E-state index in [1.54, 1.807) is 0 Å². The maximum atomic E-state index is 12.5. The van der Waals surface area contributed by atoms with Crippen LogP contribution in [0.25, 0.3) is 0 Å². The van der Waals surface area contributed by atoms with Crippen molar-refractivity contribution in [3.05, 3.63) is 35.9 Å². The first-order valence-corrected chi connectivity index (χ1v) is 8.51. The van der Waals surface area contributed by atoms with Crippen molar-refractivity contribution in [3.8, 4) is 0 Å². The minimum absolute atomic E-state index is 0.0693. The van der Waals surface area contributed by atoms with Gasteiger partial charge in [0.2, 0.25) is 5.91 Å². The van der Waals surface area contributed by atoms with Crippen molar-refractivity contribution in [1.82, 2.24) is 4.90 Å². The molecule has 4 heteroatoms. The largest absolute Gasteiger partial charge is 0.340 e. The lowest BCUT2D eigenvalue weighted by molar-refractivity contribution is -0.133. The Kier molecular flexibility index (Phi) is 5.49. The van der Waals surface area contributed by atoms with Gasteiger partial charge in [0, 0.05) is 18.3 Å². The van der Waals surface area contributed by atoms with Crippen LogP contribution in [0, 0.1) is 0 Å². The third-order valence-electron chi connectivity index (χ3n) is 4.18. The van der Waals surface area contributed by atoms with Gasteiger partial charge in [-0.15, -0.1) is 0 Å². The second-order valence-corrected chi connectivity index (χ2v) is 6.59. The number of hydrogen-bond donors (Lipinski definition) is 1. The van der Waals surface area contributed by atoms with Crippen molar-refractivity contribution >= 4 is 17.7 Å². The van der Waals surface area contributed by atoms with E-state index in [0.29, 0.717) is 17.7 Å². The molecule has 20 heavy (non-hydrogen) atoms. The summed E-state index contributed by atoms with van der Waals surface area (Å²) in [5, 5.41) is 0.563. The van der Waals surface area contributed by atoms with Gasteiger partial charge in [0.15, 0.2) is 0 Å². The molecule has 110 valence electrons. The van der Waals surface area contributed by atoms with Crippen molar-refractivity contribution in [2.45, 2.75) is 43.0 Å². The maximum Gasteiger partial charge on any atom is 0.239 e. The predicted octanol–water partition coefficient (Wildman–Crippen LogP) is 2.30. The topological polar surface area (TPSA) is 46.3 Å². The van der Waals surface area contributed by atoms with E-state index >= 15 is 0 Å². The van der Waals surface area contributed by atoms with Crippen LogP contribution in [0.4, 0.5) is 0 Å². The molecular weight excluding hydrogens is 268 g/mol. The molecule has 0 spiro atoms. The summed E-state index contributed by atoms with van der Waals surface area (Å²) in [4.78, 5) is 14.4. The van der Waals surface area contributed by atoms with Crippen LogP contribution in [0.2, 0.25) is 0 Å². The Balaban J connectivity index is 1.96. The smallest absolute Gasteiger partial charge is 0.239 e. The fourth-order valence-electron chi connectivity index (χ4n) is 3.00. The van der Waals surface area contributed by atoms with Crippen LogP contribution in [-0.2, 0) is 11.2 Å². The zero-order chi connectivity index (χ0) is 14.5. The highest BCUT2D eigenvalue weighted by atomic mass is 32.2. The molecular formula is C16H24N2OS. The summed E-state index contributed by atoms with van der Waals surface area (Å²) >= 11 is 1.87. The number of likely N-dealkylation sites (N-methyl/N-ethyl adjacent to an activating group) is 1. The molecule has 0 aliphatic heterocycles. The molecule has 0 radical (unpaired) electrons. The summed E-state index contributed by atoms with van der Waals surface area (Å²) in [7, 11) is 1.91. The zero-order valence-corrected chi connectivity index (χ0v) is 13.1. The van der Waals surface area contributed by atoms with E-state index in [-0.39, 0.29) is 5.91 Å². The van der Waals surface area contributed by atoms with Gasteiger partial charge in [0.05, 0.1) is 6.04 Å². The van der Waals surface area contributed by atoms with E-state index in [1.807, 2.05) is 54.0 Å². The molecule has 3 atom stereocenters. The van der Waals surface area contributed by atoms with Gasteiger partial charge in [-0.2, -0.15) is 11.8 Å². The molecule has 0 aromatic heterocycles. The molecule has 0 heterocycles. The van der Waals surface area contributed by atoms with Gasteiger partial charge in [0.25, 0.3) is 0 Å². The molecule has 0 unspecified atom stereocenters. The van der Waals surface area contributed by atoms with Crippen molar-refractivity contribution < 1.29 is 4.79 Å². The van der Waals surface area contributed by atoms with Crippen LogP contribution in [-0.4, -0.2) is 41.4 Å². The minimum Gasteiger partial charge on any atom is -0.340 e. The van der Waals surface area contributed by atoms with Gasteiger partial charge in [-0.3, -0.25) is 4.79 Å². The Hall–Kier alpha value is -1.00. The summed E-state index contributed by atoms with van der Waals surface area (Å²) in [6.07, 6.45) is 6.26. The Morgan fingerprint density at radius 3 is 2.75 bits per heavy atom. The second kappa shape index (κ2) is 7.14. The Morgan fingerprint density at radius 1 is 1.40 bits per heavy atom. The quantitative estimate of drug-likeness (QED) is 0.906. The fraction of sp³-hybridized carbons (Fsp3) is 0.562. The molecule has 1 aliphatic carbocycles. The number of hydrogen-bond acceptors (Lipinski definition) is 3. The van der Waals surface area contributed by atoms with E-state index in [9.17, 15) is 4.79 Å². The van der Waals surface area contributed by atoms with Gasteiger partial charge in [0.1, 0.15) is 0 Å². The first-order chi connectivity index (χ1) is 9.63. The molecule has 0 saturated heterocycles. The monoisotopic (exact) mass is 292 g/mol. The van der Waals surface area contributed by atoms with E-state index in [1.165, 1.54) is 12.8 Å². The fourth-order valence-corrected chi connectivity index (χ4v) is 4.04. The van der Waals surface area contributed by atoms with E-state index in [0.717, 1.165) is 12.0 Å². The molecule has 0 bridgehead atoms. The van der Waals surface area contributed by atoms with Crippen molar-refractivity contribution in [2.24, 2.45) is 5.73 Å². The number of nitrogens with zero attached hydrogens (tertiary/aromatic N) is 1. The normalized spacial score (nSPS) is 23.6. The van der Waals surface area contributed by atoms with Crippen molar-refractivity contribution in [2.75, 3.05) is 13.3 Å². The maximum absolute atomic E-state index is 12.5. The third-order valence-corrected chi connectivity index (χ3v) is 5.34. The summed E-state index contributed by atoms with van der Waals surface area (Å²) in [5.74, 6) is 0.0693. The lowest BCUT2D eigenvalue weighted by Crippen LogP contribution is -2.49. The van der Waals surface area contributed by atoms with Gasteiger partial charge in [-0.1, -0.05) is 36.8 Å². The number of amides is 1. The van der Waals surface area contributed by atoms with Crippen LogP contribution < -0.4 is 5.73 Å². The highest BCUT2D eigenvalue weighted by Gasteiger charge is 2.33. The number of carbonyl (C=O) groups is 1. The molecule has 1 saturated carbocycles. The van der Waals surface area contributed by atoms with E-state index in [2.05, 4.69) is 6.26 Å². The standard InChI is InChI=1S/C16H24N2OS/c1-18(14-9-6-10-15(14)20-2)16(19)13(17)11-12-7-4-3-5-8-12/h3-5,7-8,13-15H,6,9-11,17H2,1-2H3/t13-,14-,15-/m0/s1. The SMILES string of the molecule is CS[C@H]1CCC[C@@H]1N(C)C(=O)[C@@H](N)Cc1ccccc1. The molecule has 1 fully saturated rings. The van der Waals surface area contributed by atoms with Crippen LogP contribution in [0.5, 0.6) is 0 Å². The Labute approximate surface area is 125 Å². The molecule has 1 aliphatic rings. The minimum atomic E-state index is -0.439. The lowest BCUT2D eigenvalue weighted by Gasteiger charge is -2.31. The summed E-state index contributed by atoms with van der Waals surface area (Å²) in [5.41, 5.74) is 7.23. The van der Waals surface area contributed by atoms with Crippen molar-refractivity contribution in [1.29, 1.82) is 0 Å². The third kappa shape index (κ3) is 3.55. The molecule has 2 N–H and O–H groups in total. The van der Waals surface area contributed by atoms with E-state index < -0.39 is 6.04 Å². The van der Waals surface area contributed by atoms with E-state index in [4.69, 9.17) is 5.73 Å². The first-order valence-electron chi connectivity index (χ1n) is 7.22. The molecule has 1 aromatic carbocycles. The number of rotatable bonds is 5. The zero-order valence-electron chi connectivity index (χ0n) is 12.3. The number of carbonyl (C=O) groups excluding carboxylic acids is 1. The predicted molar refractivity (Wildman–Crippen MR) is 85.8 cm³/mol. The highest BCUT2D eigenvalue weighted by Crippen LogP contribution is 2.31. The number of benzene rings is 1. The average Bonchev–Trinajstić information content (AvgIpc) is 2.95. The second-order valence-electron chi connectivity index (χ2n) is 5.52. The molecule has 3 nitrogen and oxygen atoms in total. The summed E-state index contributed by atoms with van der Waals surface area (Å²) in [6.45, 7) is 0. The average molecular weight is 292 g/mol. The van der Waals surface area contributed by atoms with Crippen LogP contribution in [0.3, 0.4) is 0 Å². The van der Waals surface area contributed by atoms with Crippen molar-refractivity contribution in [3.63, 3.8) is 0 Å². The molecule has 2 rings (SSSR count). The van der Waals surface area contributed by atoms with Crippen LogP contribution in [0.15, 0.2) is 30.3 Å². The van der Waals surface area contributed by atoms with Gasteiger partial charge in [-0.25, -0.2) is 0 Å². The first kappa shape index (κ1) is 15.4. The Bertz CT molecular complexity index is 437. The number of nitrogens with two attached hydrogens (primary N) is 1. The van der Waals surface area contributed by atoms with Gasteiger partial charge in [-0.05, 0) is 31.1 Å². The van der Waals surface area contributed by atoms with Crippen LogP contribution >= 0.6 is 11.8 Å². The molecule has 1 aromatic rings. The Morgan fingerprint density at radius 2 is 2.10 bits per heavy atom.